The number of rotatable bonds is 4. The Morgan fingerprint density at radius 1 is 1.19 bits per heavy atom. The Bertz CT molecular complexity index is 914. The largest absolute Gasteiger partial charge is 0.314 e. The highest BCUT2D eigenvalue weighted by Gasteiger charge is 2.23. The number of halogens is 1. The second-order valence-corrected chi connectivity index (χ2v) is 6.32. The summed E-state index contributed by atoms with van der Waals surface area (Å²) >= 11 is 0. The minimum atomic E-state index is -0.0651. The van der Waals surface area contributed by atoms with Gasteiger partial charge < -0.3 is 10.3 Å². The van der Waals surface area contributed by atoms with E-state index >= 15 is 0 Å². The molecule has 26 heavy (non-hydrogen) atoms. The number of fused-ring (bicyclic) bond motifs is 1. The van der Waals surface area contributed by atoms with E-state index in [4.69, 9.17) is 0 Å². The molecule has 0 radical (unpaired) electrons. The van der Waals surface area contributed by atoms with Gasteiger partial charge in [-0.3, -0.25) is 14.7 Å². The SMILES string of the molecule is Cl.O=c1[nH]c(CCN2CCNCC2c2cccnc2)nc2ccccc12. The number of hydrogen-bond donors (Lipinski definition) is 2. The quantitative estimate of drug-likeness (QED) is 0.733. The third-order valence-electron chi connectivity index (χ3n) is 4.72. The van der Waals surface area contributed by atoms with E-state index in [0.29, 0.717) is 11.4 Å². The molecule has 0 spiro atoms. The van der Waals surface area contributed by atoms with Gasteiger partial charge >= 0.3 is 0 Å². The Hall–Kier alpha value is -2.28. The van der Waals surface area contributed by atoms with Crippen LogP contribution in [0.25, 0.3) is 10.9 Å². The van der Waals surface area contributed by atoms with Gasteiger partial charge in [-0.2, -0.15) is 0 Å². The van der Waals surface area contributed by atoms with Crippen LogP contribution in [0.15, 0.2) is 53.6 Å². The lowest BCUT2D eigenvalue weighted by atomic mass is 10.1. The molecule has 2 N–H and O–H groups in total. The molecular formula is C19H22ClN5O. The van der Waals surface area contributed by atoms with Crippen LogP contribution in [-0.4, -0.2) is 46.0 Å². The lowest BCUT2D eigenvalue weighted by molar-refractivity contribution is 0.163. The van der Waals surface area contributed by atoms with Crippen molar-refractivity contribution in [2.45, 2.75) is 12.5 Å². The maximum absolute atomic E-state index is 12.2. The number of hydrogen-bond acceptors (Lipinski definition) is 5. The van der Waals surface area contributed by atoms with Gasteiger partial charge in [-0.25, -0.2) is 4.98 Å². The lowest BCUT2D eigenvalue weighted by Crippen LogP contribution is -2.46. The van der Waals surface area contributed by atoms with Gasteiger partial charge in [0, 0.05) is 51.0 Å². The Labute approximate surface area is 158 Å². The number of aromatic nitrogens is 3. The topological polar surface area (TPSA) is 73.9 Å². The second kappa shape index (κ2) is 8.40. The number of H-pyrrole nitrogens is 1. The lowest BCUT2D eigenvalue weighted by Gasteiger charge is -2.36. The van der Waals surface area contributed by atoms with E-state index in [2.05, 4.69) is 31.2 Å². The first-order valence-corrected chi connectivity index (χ1v) is 8.64. The van der Waals surface area contributed by atoms with E-state index in [1.54, 1.807) is 12.3 Å². The Balaban J connectivity index is 0.00000196. The number of nitrogens with zero attached hydrogens (tertiary/aromatic N) is 3. The molecule has 3 heterocycles. The first-order chi connectivity index (χ1) is 12.3. The zero-order chi connectivity index (χ0) is 17.1. The molecule has 0 aliphatic carbocycles. The summed E-state index contributed by atoms with van der Waals surface area (Å²) in [5.41, 5.74) is 1.91. The number of piperazine rings is 1. The number of aromatic amines is 1. The van der Waals surface area contributed by atoms with Gasteiger partial charge in [0.1, 0.15) is 5.82 Å². The van der Waals surface area contributed by atoms with E-state index in [0.717, 1.165) is 43.9 Å². The summed E-state index contributed by atoms with van der Waals surface area (Å²) in [5.74, 6) is 0.743. The minimum absolute atomic E-state index is 0. The van der Waals surface area contributed by atoms with E-state index < -0.39 is 0 Å². The zero-order valence-electron chi connectivity index (χ0n) is 14.4. The summed E-state index contributed by atoms with van der Waals surface area (Å²) in [6, 6.07) is 11.9. The van der Waals surface area contributed by atoms with Gasteiger partial charge in [-0.05, 0) is 23.8 Å². The molecule has 3 aromatic rings. The van der Waals surface area contributed by atoms with Crippen molar-refractivity contribution in [3.05, 3.63) is 70.5 Å². The molecule has 0 amide bonds. The van der Waals surface area contributed by atoms with Gasteiger partial charge in [0.2, 0.25) is 0 Å². The molecule has 1 aliphatic rings. The smallest absolute Gasteiger partial charge is 0.258 e. The molecule has 1 unspecified atom stereocenters. The van der Waals surface area contributed by atoms with Gasteiger partial charge in [0.15, 0.2) is 0 Å². The Morgan fingerprint density at radius 3 is 2.92 bits per heavy atom. The summed E-state index contributed by atoms with van der Waals surface area (Å²) in [7, 11) is 0. The van der Waals surface area contributed by atoms with E-state index in [-0.39, 0.29) is 18.0 Å². The predicted molar refractivity (Wildman–Crippen MR) is 105 cm³/mol. The maximum Gasteiger partial charge on any atom is 0.258 e. The van der Waals surface area contributed by atoms with Crippen molar-refractivity contribution < 1.29 is 0 Å². The third-order valence-corrected chi connectivity index (χ3v) is 4.72. The normalized spacial score (nSPS) is 17.8. The van der Waals surface area contributed by atoms with Crippen molar-refractivity contribution in [2.24, 2.45) is 0 Å². The highest BCUT2D eigenvalue weighted by Crippen LogP contribution is 2.21. The summed E-state index contributed by atoms with van der Waals surface area (Å²) in [6.07, 6.45) is 4.45. The van der Waals surface area contributed by atoms with E-state index in [9.17, 15) is 4.79 Å². The van der Waals surface area contributed by atoms with Crippen molar-refractivity contribution in [3.8, 4) is 0 Å². The van der Waals surface area contributed by atoms with E-state index in [1.165, 1.54) is 5.56 Å². The zero-order valence-corrected chi connectivity index (χ0v) is 15.2. The molecule has 7 heteroatoms. The predicted octanol–water partition coefficient (Wildman–Crippen LogP) is 1.93. The molecule has 136 valence electrons. The minimum Gasteiger partial charge on any atom is -0.314 e. The fraction of sp³-hybridized carbons (Fsp3) is 0.316. The highest BCUT2D eigenvalue weighted by molar-refractivity contribution is 5.85. The molecule has 1 saturated heterocycles. The number of pyridine rings is 1. The number of nitrogens with one attached hydrogen (secondary N) is 2. The molecule has 2 aromatic heterocycles. The summed E-state index contributed by atoms with van der Waals surface area (Å²) in [6.45, 7) is 3.70. The molecule has 6 nitrogen and oxygen atoms in total. The highest BCUT2D eigenvalue weighted by atomic mass is 35.5. The van der Waals surface area contributed by atoms with Crippen LogP contribution in [0.3, 0.4) is 0 Å². The fourth-order valence-electron chi connectivity index (χ4n) is 3.42. The van der Waals surface area contributed by atoms with Gasteiger partial charge in [-0.1, -0.05) is 18.2 Å². The van der Waals surface area contributed by atoms with Gasteiger partial charge in [-0.15, -0.1) is 12.4 Å². The van der Waals surface area contributed by atoms with Crippen molar-refractivity contribution in [1.29, 1.82) is 0 Å². The Kier molecular flexibility index (Phi) is 5.98. The number of benzene rings is 1. The molecule has 1 aliphatic heterocycles. The summed E-state index contributed by atoms with van der Waals surface area (Å²) in [5, 5.41) is 4.09. The molecule has 0 bridgehead atoms. The average Bonchev–Trinajstić information content (AvgIpc) is 2.67. The van der Waals surface area contributed by atoms with E-state index in [1.807, 2.05) is 30.5 Å². The third kappa shape index (κ3) is 3.93. The molecular weight excluding hydrogens is 350 g/mol. The van der Waals surface area contributed by atoms with Gasteiger partial charge in [0.05, 0.1) is 10.9 Å². The first-order valence-electron chi connectivity index (χ1n) is 8.64. The average molecular weight is 372 g/mol. The Morgan fingerprint density at radius 2 is 2.08 bits per heavy atom. The molecule has 1 fully saturated rings. The molecule has 1 aromatic carbocycles. The van der Waals surface area contributed by atoms with Crippen LogP contribution >= 0.6 is 12.4 Å². The van der Waals surface area contributed by atoms with Crippen molar-refractivity contribution in [2.75, 3.05) is 26.2 Å². The second-order valence-electron chi connectivity index (χ2n) is 6.32. The van der Waals surface area contributed by atoms with Crippen LogP contribution < -0.4 is 10.9 Å². The van der Waals surface area contributed by atoms with Crippen molar-refractivity contribution in [3.63, 3.8) is 0 Å². The van der Waals surface area contributed by atoms with Crippen molar-refractivity contribution in [1.82, 2.24) is 25.2 Å². The first kappa shape index (κ1) is 18.5. The molecule has 0 saturated carbocycles. The molecule has 1 atom stereocenters. The van der Waals surface area contributed by atoms with Crippen LogP contribution in [0.1, 0.15) is 17.4 Å². The summed E-state index contributed by atoms with van der Waals surface area (Å²) in [4.78, 5) is 26.4. The van der Waals surface area contributed by atoms with Crippen LogP contribution in [-0.2, 0) is 6.42 Å². The molecule has 4 rings (SSSR count). The fourth-order valence-corrected chi connectivity index (χ4v) is 3.42. The monoisotopic (exact) mass is 371 g/mol. The van der Waals surface area contributed by atoms with Crippen LogP contribution in [0.2, 0.25) is 0 Å². The maximum atomic E-state index is 12.2. The van der Waals surface area contributed by atoms with Crippen LogP contribution in [0.4, 0.5) is 0 Å². The summed E-state index contributed by atoms with van der Waals surface area (Å²) < 4.78 is 0. The van der Waals surface area contributed by atoms with Crippen LogP contribution in [0.5, 0.6) is 0 Å². The van der Waals surface area contributed by atoms with Crippen LogP contribution in [0, 0.1) is 0 Å². The van der Waals surface area contributed by atoms with Crippen molar-refractivity contribution >= 4 is 23.3 Å². The number of para-hydroxylation sites is 1. The standard InChI is InChI=1S/C19H21N5O.ClH/c25-19-15-5-1-2-6-16(15)22-18(23-19)7-10-24-11-9-21-13-17(24)14-4-3-8-20-12-14;/h1-6,8,12,17,21H,7,9-11,13H2,(H,22,23,25);1H. The van der Waals surface area contributed by atoms with Gasteiger partial charge in [0.25, 0.3) is 5.56 Å².